The Morgan fingerprint density at radius 1 is 0.372 bits per heavy atom. The van der Waals surface area contributed by atoms with Gasteiger partial charge in [0.15, 0.2) is 5.56 Å². The van der Waals surface area contributed by atoms with Gasteiger partial charge in [0.2, 0.25) is 0 Å². The first kappa shape index (κ1) is 98.9. The summed E-state index contributed by atoms with van der Waals surface area (Å²) in [7, 11) is 6.35. The van der Waals surface area contributed by atoms with Gasteiger partial charge in [0.05, 0.1) is 94.0 Å². The summed E-state index contributed by atoms with van der Waals surface area (Å²) in [6.45, 7) is 3.00. The summed E-state index contributed by atoms with van der Waals surface area (Å²) in [5, 5.41) is 58.8. The van der Waals surface area contributed by atoms with Crippen LogP contribution in [0.3, 0.4) is 0 Å². The van der Waals surface area contributed by atoms with Crippen LogP contribution >= 0.6 is 23.2 Å². The maximum absolute atomic E-state index is 13.3. The molecule has 15 aromatic rings. The van der Waals surface area contributed by atoms with Gasteiger partial charge in [-0.25, -0.2) is 29.7 Å². The lowest BCUT2D eigenvalue weighted by Gasteiger charge is -2.23. The number of rotatable bonds is 20. The Morgan fingerprint density at radius 2 is 0.635 bits per heavy atom. The molecule has 137 heavy (non-hydrogen) atoms. The number of hydrogen-bond acceptors (Lipinski definition) is 24. The van der Waals surface area contributed by atoms with E-state index < -0.39 is 51.3 Å². The number of hydrogen-bond donors (Lipinski definition) is 6. The Hall–Kier alpha value is -15.6. The molecule has 0 aliphatic heterocycles. The van der Waals surface area contributed by atoms with Crippen molar-refractivity contribution in [1.29, 1.82) is 10.5 Å². The van der Waals surface area contributed by atoms with E-state index in [2.05, 4.69) is 35.6 Å². The van der Waals surface area contributed by atoms with Gasteiger partial charge in [0, 0.05) is 59.9 Å². The van der Waals surface area contributed by atoms with Crippen molar-refractivity contribution in [2.75, 3.05) is 35.0 Å². The predicted octanol–water partition coefficient (Wildman–Crippen LogP) is 16.0. The summed E-state index contributed by atoms with van der Waals surface area (Å²) in [5.41, 5.74) is 8.34. The van der Waals surface area contributed by atoms with Gasteiger partial charge in [0.1, 0.15) is 103 Å². The Balaban J connectivity index is 0.000000142. The van der Waals surface area contributed by atoms with Crippen molar-refractivity contribution in [3.8, 4) is 52.4 Å². The van der Waals surface area contributed by atoms with E-state index in [1.165, 1.54) is 67.6 Å². The highest BCUT2D eigenvalue weighted by molar-refractivity contribution is 6.36. The minimum absolute atomic E-state index is 0.0321. The SMILES string of the molecule is CCOC(=O)c1c(O)c2cccnc2n(Cc2ccc(OC)cc2)c1=O.COc1ccc(Cn2c(=O)c(C#N)c(Cl)c3cccnc32)cc1.COc1ccc(Cn2c(=O)c(C#N)c(Cl)c3cccnc32)cc1.COc1ccc(Cn2c(=O)c(C(=O)NC3CCCCC3)c(O)c3cccnc32)cc1.NC1CCCCC1.O=C(NC1CCCCC1)c1c(O)c2cccnc2n(Cc2ccccc2)c1=O. The highest BCUT2D eigenvalue weighted by atomic mass is 35.5. The van der Waals surface area contributed by atoms with Crippen molar-refractivity contribution < 1.29 is 53.4 Å². The third-order valence-electron chi connectivity index (χ3n) is 23.8. The first-order chi connectivity index (χ1) is 66.5. The standard InChI is InChI=1S/C23H25N3O4.C22H23N3O3.C19H18N2O5.2C17H12ClN3O2.C6H13N/c1-30-17-11-9-15(10-12-17)14-26-21-18(8-5-13-24-21)20(27)19(23(26)29)22(28)25-16-6-3-2-4-7-16;26-19-17-12-7-13-23-20(17)25(14-15-8-3-1-4-9-15)22(28)18(19)21(27)24-16-10-5-2-6-11-16;1-3-26-19(24)15-16(22)14-5-4-10-20-17(14)21(18(15)23)11-12-6-8-13(25-2)9-7-12;2*1-23-12-6-4-11(5-7-12)10-21-16-13(3-2-8-20-16)15(18)14(9-19)17(21)22;7-6-4-2-1-3-5-6/h5,8-13,16,27H,2-4,6-7,14H2,1H3,(H,25,28);1,3-4,7-9,12-13,16,26H,2,5-6,10-11,14H2,(H,24,27);4-10,22H,3,11H2,1-2H3;2*2-8H,10H2,1H3;6H,1-5,7H2. The number of carbonyl (C=O) groups excluding carboxylic acids is 3. The number of nitriles is 2. The van der Waals surface area contributed by atoms with Gasteiger partial charge >= 0.3 is 5.97 Å². The number of ether oxygens (including phenoxy) is 5. The molecule has 18 rings (SSSR count). The van der Waals surface area contributed by atoms with Gasteiger partial charge in [-0.05, 0) is 182 Å². The molecule has 7 N–H and O–H groups in total. The molecule has 0 bridgehead atoms. The van der Waals surface area contributed by atoms with Crippen LogP contribution in [0.4, 0.5) is 0 Å². The van der Waals surface area contributed by atoms with Crippen molar-refractivity contribution in [1.82, 2.24) is 58.4 Å². The second-order valence-corrected chi connectivity index (χ2v) is 33.5. The van der Waals surface area contributed by atoms with Gasteiger partial charge in [-0.15, -0.1) is 0 Å². The van der Waals surface area contributed by atoms with E-state index in [1.54, 1.807) is 133 Å². The van der Waals surface area contributed by atoms with Crippen LogP contribution in [0.15, 0.2) is 243 Å². The molecule has 0 atom stereocenters. The third kappa shape index (κ3) is 23.8. The molecule has 3 fully saturated rings. The van der Waals surface area contributed by atoms with Crippen molar-refractivity contribution in [2.24, 2.45) is 5.73 Å². The fraction of sp³-hybridized carbons (Fsp3) is 0.279. The van der Waals surface area contributed by atoms with Crippen molar-refractivity contribution in [2.45, 2.75) is 154 Å². The number of nitrogens with two attached hydrogens (primary N) is 1. The van der Waals surface area contributed by atoms with Crippen LogP contribution in [0.1, 0.15) is 173 Å². The summed E-state index contributed by atoms with van der Waals surface area (Å²) >= 11 is 12.3. The largest absolute Gasteiger partial charge is 0.506 e. The lowest BCUT2D eigenvalue weighted by molar-refractivity contribution is 0.0520. The number of nitrogens with one attached hydrogen (secondary N) is 2. The van der Waals surface area contributed by atoms with E-state index in [1.807, 2.05) is 127 Å². The van der Waals surface area contributed by atoms with Gasteiger partial charge in [0.25, 0.3) is 39.6 Å². The van der Waals surface area contributed by atoms with Crippen LogP contribution in [0.5, 0.6) is 40.2 Å². The normalized spacial score (nSPS) is 13.1. The van der Waals surface area contributed by atoms with Crippen LogP contribution < -0.4 is 63.1 Å². The van der Waals surface area contributed by atoms with Crippen LogP contribution in [-0.4, -0.2) is 134 Å². The van der Waals surface area contributed by atoms with E-state index in [0.717, 1.165) is 97.1 Å². The highest BCUT2D eigenvalue weighted by Crippen LogP contribution is 2.33. The molecule has 0 spiro atoms. The van der Waals surface area contributed by atoms with Crippen LogP contribution in [0.2, 0.25) is 10.0 Å². The Kier molecular flexibility index (Phi) is 34.2. The van der Waals surface area contributed by atoms with E-state index in [0.29, 0.717) is 85.8 Å². The molecule has 31 nitrogen and oxygen atoms in total. The summed E-state index contributed by atoms with van der Waals surface area (Å²) in [4.78, 5) is 124. The topological polar surface area (TPSA) is 430 Å². The third-order valence-corrected chi connectivity index (χ3v) is 24.6. The molecular formula is C104H103Cl2N15O16. The number of pyridine rings is 10. The van der Waals surface area contributed by atoms with Crippen LogP contribution in [-0.2, 0) is 37.5 Å². The van der Waals surface area contributed by atoms with Crippen molar-refractivity contribution in [3.05, 3.63) is 336 Å². The van der Waals surface area contributed by atoms with Gasteiger partial charge in [-0.2, -0.15) is 10.5 Å². The van der Waals surface area contributed by atoms with Gasteiger partial charge < -0.3 is 55.4 Å². The molecule has 33 heteroatoms. The number of nitrogens with zero attached hydrogens (tertiary/aromatic N) is 12. The number of aromatic nitrogens is 10. The quantitative estimate of drug-likeness (QED) is 0.0386. The molecule has 3 aliphatic rings. The average molecular weight is 1890 g/mol. The Bertz CT molecular complexity index is 7090. The molecule has 2 amide bonds. The minimum Gasteiger partial charge on any atom is -0.506 e. The fourth-order valence-electron chi connectivity index (χ4n) is 16.6. The van der Waals surface area contributed by atoms with Gasteiger partial charge in [-0.1, -0.05) is 160 Å². The zero-order valence-corrected chi connectivity index (χ0v) is 77.7. The monoisotopic (exact) mass is 1890 g/mol. The van der Waals surface area contributed by atoms with Gasteiger partial charge in [-0.3, -0.25) is 56.4 Å². The lowest BCUT2D eigenvalue weighted by atomic mass is 9.95. The zero-order valence-electron chi connectivity index (χ0n) is 76.2. The second kappa shape index (κ2) is 47.4. The average Bonchev–Trinajstić information content (AvgIpc) is 0.759. The first-order valence-electron chi connectivity index (χ1n) is 44.9. The van der Waals surface area contributed by atoms with E-state index in [4.69, 9.17) is 52.6 Å². The molecule has 0 saturated heterocycles. The summed E-state index contributed by atoms with van der Waals surface area (Å²) < 4.78 is 32.7. The highest BCUT2D eigenvalue weighted by Gasteiger charge is 2.30. The molecule has 10 heterocycles. The Labute approximate surface area is 797 Å². The Morgan fingerprint density at radius 3 is 0.912 bits per heavy atom. The number of methoxy groups -OCH3 is 4. The predicted molar refractivity (Wildman–Crippen MR) is 524 cm³/mol. The summed E-state index contributed by atoms with van der Waals surface area (Å²) in [6.07, 6.45) is 24.7. The molecular weight excluding hydrogens is 1790 g/mol. The second-order valence-electron chi connectivity index (χ2n) is 32.7. The molecule has 3 aliphatic carbocycles. The number of fused-ring (bicyclic) bond motifs is 5. The molecule has 10 aromatic heterocycles. The fourth-order valence-corrected chi connectivity index (χ4v) is 17.1. The number of carbonyl (C=O) groups is 3. The molecule has 3 saturated carbocycles. The van der Waals surface area contributed by atoms with Crippen molar-refractivity contribution >= 4 is 96.2 Å². The summed E-state index contributed by atoms with van der Waals surface area (Å²) in [5.74, 6) is -0.0504. The molecule has 0 radical (unpaired) electrons. The zero-order chi connectivity index (χ0) is 97.2. The molecule has 0 unspecified atom stereocenters. The molecule has 704 valence electrons. The number of halogens is 2. The molecule has 5 aromatic carbocycles. The smallest absolute Gasteiger partial charge is 0.347 e. The summed E-state index contributed by atoms with van der Waals surface area (Å²) in [6, 6.07) is 60.0. The van der Waals surface area contributed by atoms with E-state index >= 15 is 0 Å². The number of aromatic hydroxyl groups is 3. The maximum atomic E-state index is 13.3. The minimum atomic E-state index is -0.857. The number of amides is 2. The lowest BCUT2D eigenvalue weighted by Crippen LogP contribution is -2.40. The number of benzene rings is 5. The van der Waals surface area contributed by atoms with E-state index in [9.17, 15) is 64.2 Å². The van der Waals surface area contributed by atoms with Crippen LogP contribution in [0.25, 0.3) is 55.2 Å². The first-order valence-corrected chi connectivity index (χ1v) is 45.6. The number of esters is 1. The van der Waals surface area contributed by atoms with Crippen LogP contribution in [0, 0.1) is 22.7 Å². The van der Waals surface area contributed by atoms with E-state index in [-0.39, 0.29) is 87.7 Å². The van der Waals surface area contributed by atoms with Crippen molar-refractivity contribution in [3.63, 3.8) is 0 Å². The maximum Gasteiger partial charge on any atom is 0.347 e.